The van der Waals surface area contributed by atoms with Crippen LogP contribution in [0.15, 0.2) is 11.8 Å². The maximum absolute atomic E-state index is 12.8. The molecule has 1 aromatic heterocycles. The fraction of sp³-hybridized carbons (Fsp3) is 0.571. The number of halogens is 1. The number of rotatable bonds is 1. The zero-order valence-corrected chi connectivity index (χ0v) is 19.7. The molecular weight excluding hydrogens is 436 g/mol. The standard InChI is InChI=1S/C20H23N5O3.CH4.ClH2NO/c1-10-12-8-7-11-15(20(12,4)9-13(21-5)14(10)26)23-24(6)16(11)25-17(27)19(2,3)22-18(25)28;;1-2-3/h9-10,12H,7-8H2,1-4,6H3,(H,22,28);1H4;2-3H/t10-,12-,20-;;/m0../s1/i;1T;. The number of urea groups is 1. The van der Waals surface area contributed by atoms with Crippen molar-refractivity contribution in [2.24, 2.45) is 18.9 Å². The number of nitrogens with one attached hydrogen (secondary N) is 2. The van der Waals surface area contributed by atoms with Gasteiger partial charge in [0.15, 0.2) is 5.78 Å². The van der Waals surface area contributed by atoms with Crippen LogP contribution in [-0.2, 0) is 28.5 Å². The number of allylic oxidation sites excluding steroid dienone is 2. The normalized spacial score (nSPS) is 28.0. The van der Waals surface area contributed by atoms with Crippen LogP contribution in [-0.4, -0.2) is 38.2 Å². The van der Waals surface area contributed by atoms with Gasteiger partial charge in [0, 0.05) is 37.1 Å². The van der Waals surface area contributed by atoms with Crippen molar-refractivity contribution in [2.45, 2.75) is 58.9 Å². The van der Waals surface area contributed by atoms with Crippen molar-refractivity contribution in [3.8, 4) is 0 Å². The summed E-state index contributed by atoms with van der Waals surface area (Å²) in [7, 11) is 2.97. The Bertz CT molecular complexity index is 1050. The number of hydrogen-bond acceptors (Lipinski definition) is 6. The van der Waals surface area contributed by atoms with Gasteiger partial charge in [0.05, 0.1) is 12.3 Å². The summed E-state index contributed by atoms with van der Waals surface area (Å²) in [5.41, 5.74) is 0.156. The van der Waals surface area contributed by atoms with E-state index in [1.165, 1.54) is 17.3 Å². The Kier molecular flexibility index (Phi) is 6.47. The number of carbonyl (C=O) groups excluding carboxylic acids is 3. The molecular formula is C21H29ClN6O4. The van der Waals surface area contributed by atoms with E-state index in [9.17, 15) is 14.4 Å². The maximum atomic E-state index is 12.8. The molecule has 0 radical (unpaired) electrons. The van der Waals surface area contributed by atoms with Crippen molar-refractivity contribution in [1.29, 1.82) is 0 Å². The number of imide groups is 1. The second kappa shape index (κ2) is 8.65. The van der Waals surface area contributed by atoms with Gasteiger partial charge in [-0.1, -0.05) is 27.3 Å². The van der Waals surface area contributed by atoms with E-state index in [1.54, 1.807) is 31.7 Å². The fourth-order valence-electron chi connectivity index (χ4n) is 5.02. The number of Topliss-reactive ketones (excluding diaryl/α,β-unsaturated/α-hetero) is 1. The minimum atomic E-state index is -0.974. The van der Waals surface area contributed by atoms with E-state index in [0.29, 0.717) is 12.2 Å². The van der Waals surface area contributed by atoms with Gasteiger partial charge < -0.3 is 15.3 Å². The summed E-state index contributed by atoms with van der Waals surface area (Å²) in [6.45, 7) is 14.6. The molecule has 1 fully saturated rings. The van der Waals surface area contributed by atoms with Crippen LogP contribution in [0.2, 0.25) is 0 Å². The Morgan fingerprint density at radius 2 is 2.00 bits per heavy atom. The topological polar surface area (TPSA) is 121 Å². The highest BCUT2D eigenvalue weighted by Crippen LogP contribution is 2.51. The van der Waals surface area contributed by atoms with Gasteiger partial charge in [0.2, 0.25) is 5.70 Å². The van der Waals surface area contributed by atoms with E-state index in [2.05, 4.69) is 27.0 Å². The number of anilines is 1. The lowest BCUT2D eigenvalue weighted by molar-refractivity contribution is -0.122. The first-order valence-electron chi connectivity index (χ1n) is 10.8. The molecule has 0 aromatic carbocycles. The van der Waals surface area contributed by atoms with Crippen molar-refractivity contribution in [3.05, 3.63) is 34.4 Å². The van der Waals surface area contributed by atoms with Crippen molar-refractivity contribution >= 4 is 35.3 Å². The molecule has 1 aromatic rings. The molecule has 0 saturated carbocycles. The Morgan fingerprint density at radius 3 is 2.50 bits per heavy atom. The fourth-order valence-corrected chi connectivity index (χ4v) is 5.02. The third-order valence-electron chi connectivity index (χ3n) is 6.50. The van der Waals surface area contributed by atoms with Crippen LogP contribution in [0.4, 0.5) is 10.6 Å². The molecule has 3 aliphatic rings. The van der Waals surface area contributed by atoms with Gasteiger partial charge >= 0.3 is 6.03 Å². The first-order chi connectivity index (χ1) is 15.4. The van der Waals surface area contributed by atoms with E-state index < -0.39 is 17.0 Å². The number of carbonyl (C=O) groups is 3. The zero-order chi connectivity index (χ0) is 25.3. The number of fused-ring (bicyclic) bond motifs is 3. The molecule has 1 aliphatic heterocycles. The number of amides is 3. The number of hydrogen-bond donors (Lipinski definition) is 3. The summed E-state index contributed by atoms with van der Waals surface area (Å²) >= 11 is 4.30. The average molecular weight is 467 g/mol. The van der Waals surface area contributed by atoms with Crippen LogP contribution >= 0.6 is 11.8 Å². The van der Waals surface area contributed by atoms with Gasteiger partial charge in [-0.25, -0.2) is 14.5 Å². The van der Waals surface area contributed by atoms with Crippen LogP contribution < -0.4 is 15.2 Å². The lowest BCUT2D eigenvalue weighted by Crippen LogP contribution is -2.45. The van der Waals surface area contributed by atoms with E-state index in [0.717, 1.165) is 17.7 Å². The average Bonchev–Trinajstić information content (AvgIpc) is 3.19. The molecule has 2 aliphatic carbocycles. The third kappa shape index (κ3) is 3.60. The van der Waals surface area contributed by atoms with Crippen molar-refractivity contribution in [3.63, 3.8) is 0 Å². The zero-order valence-electron chi connectivity index (χ0n) is 20.0. The van der Waals surface area contributed by atoms with Crippen LogP contribution in [0, 0.1) is 18.4 Å². The quantitative estimate of drug-likeness (QED) is 0.253. The molecule has 0 bridgehead atoms. The second-order valence-electron chi connectivity index (χ2n) is 8.78. The first-order valence-corrected chi connectivity index (χ1v) is 10.2. The largest absolute Gasteiger partial charge is 0.330 e. The highest BCUT2D eigenvalue weighted by atomic mass is 35.5. The molecule has 3 atom stereocenters. The molecule has 0 unspecified atom stereocenters. The molecule has 1 saturated heterocycles. The minimum Gasteiger partial charge on any atom is -0.323 e. The summed E-state index contributed by atoms with van der Waals surface area (Å²) < 4.78 is 7.32. The van der Waals surface area contributed by atoms with Crippen molar-refractivity contribution in [1.82, 2.24) is 20.1 Å². The van der Waals surface area contributed by atoms with Gasteiger partial charge in [-0.05, 0) is 32.6 Å². The van der Waals surface area contributed by atoms with E-state index in [4.69, 9.17) is 13.2 Å². The molecule has 11 heteroatoms. The van der Waals surface area contributed by atoms with Gasteiger partial charge in [-0.3, -0.25) is 9.48 Å². The van der Waals surface area contributed by atoms with Crippen molar-refractivity contribution in [2.75, 3.05) is 4.90 Å². The maximum Gasteiger partial charge on any atom is 0.330 e. The highest BCUT2D eigenvalue weighted by molar-refractivity contribution is 6.23. The summed E-state index contributed by atoms with van der Waals surface area (Å²) in [5.74, 6) is -0.202. The van der Waals surface area contributed by atoms with Crippen LogP contribution in [0.5, 0.6) is 0 Å². The third-order valence-corrected chi connectivity index (χ3v) is 6.50. The predicted molar refractivity (Wildman–Crippen MR) is 119 cm³/mol. The summed E-state index contributed by atoms with van der Waals surface area (Å²) in [4.78, 5) is 43.7. The Morgan fingerprint density at radius 1 is 1.41 bits per heavy atom. The number of ketones is 1. The van der Waals surface area contributed by atoms with Gasteiger partial charge in [-0.2, -0.15) is 5.10 Å². The van der Waals surface area contributed by atoms with E-state index in [-0.39, 0.29) is 29.2 Å². The predicted octanol–water partition coefficient (Wildman–Crippen LogP) is 2.85. The molecule has 3 N–H and O–H groups in total. The number of aromatic nitrogens is 2. The monoisotopic (exact) mass is 466 g/mol. The number of aryl methyl sites for hydroxylation is 1. The van der Waals surface area contributed by atoms with Gasteiger partial charge in [0.25, 0.3) is 5.91 Å². The molecule has 0 spiro atoms. The Labute approximate surface area is 193 Å². The molecule has 2 heterocycles. The Hall–Kier alpha value is -2.74. The van der Waals surface area contributed by atoms with Crippen molar-refractivity contribution < 1.29 is 21.0 Å². The highest BCUT2D eigenvalue weighted by Gasteiger charge is 2.53. The molecule has 10 nitrogen and oxygen atoms in total. The smallest absolute Gasteiger partial charge is 0.323 e. The van der Waals surface area contributed by atoms with E-state index >= 15 is 0 Å². The van der Waals surface area contributed by atoms with Crippen LogP contribution in [0.25, 0.3) is 4.85 Å². The van der Waals surface area contributed by atoms with Crippen LogP contribution in [0.3, 0.4) is 0 Å². The summed E-state index contributed by atoms with van der Waals surface area (Å²) in [5, 5.41) is 14.5. The molecule has 3 amide bonds. The van der Waals surface area contributed by atoms with Gasteiger partial charge in [-0.15, -0.1) is 5.00 Å². The Balaban J connectivity index is 0.000000714. The van der Waals surface area contributed by atoms with E-state index in [1.807, 2.05) is 13.8 Å². The first kappa shape index (κ1) is 23.9. The molecule has 4 rings (SSSR count). The SMILES string of the molecule is ONCl.[3H]C.[C-]#[N+]C1=C[C@]2(C)c3nn(C)c(N4C(=O)NC(C)(C)C4=O)c3CC[C@H]2[C@H](C)C1=O. The second-order valence-corrected chi connectivity index (χ2v) is 8.95. The van der Waals surface area contributed by atoms with Crippen LogP contribution in [0.1, 0.15) is 54.1 Å². The number of nitrogens with zero attached hydrogens (tertiary/aromatic N) is 4. The lowest BCUT2D eigenvalue weighted by Gasteiger charge is -2.44. The van der Waals surface area contributed by atoms with Gasteiger partial charge in [0.1, 0.15) is 11.4 Å². The summed E-state index contributed by atoms with van der Waals surface area (Å²) in [6, 6.07) is -0.461. The lowest BCUT2D eigenvalue weighted by atomic mass is 9.59. The summed E-state index contributed by atoms with van der Waals surface area (Å²) in [6.07, 6.45) is 3.08. The minimum absolute atomic E-state index is 0.0281. The molecule has 174 valence electrons. The molecule has 32 heavy (non-hydrogen) atoms.